The van der Waals surface area contributed by atoms with Gasteiger partial charge in [-0.1, -0.05) is 18.5 Å². The van der Waals surface area contributed by atoms with Crippen LogP contribution in [-0.4, -0.2) is 6.10 Å². The van der Waals surface area contributed by atoms with Gasteiger partial charge in [0.2, 0.25) is 0 Å². The number of rotatable bonds is 2. The maximum Gasteiger partial charge on any atom is 0.138 e. The van der Waals surface area contributed by atoms with Gasteiger partial charge in [0.25, 0.3) is 0 Å². The second-order valence-electron chi connectivity index (χ2n) is 4.01. The molecule has 1 aliphatic rings. The first kappa shape index (κ1) is 9.66. The van der Waals surface area contributed by atoms with Gasteiger partial charge in [-0.05, 0) is 37.0 Å². The molecule has 1 aromatic rings. The number of ether oxygens (including phenoxy) is 1. The molecular formula is C11H14ClNO. The van der Waals surface area contributed by atoms with Crippen LogP contribution in [0.3, 0.4) is 0 Å². The molecule has 1 fully saturated rings. The van der Waals surface area contributed by atoms with E-state index in [0.717, 1.165) is 24.5 Å². The summed E-state index contributed by atoms with van der Waals surface area (Å²) < 4.78 is 5.72. The molecule has 0 heterocycles. The number of nitrogens with two attached hydrogens (primary N) is 1. The summed E-state index contributed by atoms with van der Waals surface area (Å²) >= 11 is 5.99. The van der Waals surface area contributed by atoms with E-state index in [1.54, 1.807) is 6.07 Å². The third-order valence-electron chi connectivity index (χ3n) is 2.58. The Morgan fingerprint density at radius 2 is 2.14 bits per heavy atom. The van der Waals surface area contributed by atoms with Crippen molar-refractivity contribution in [3.63, 3.8) is 0 Å². The Balaban J connectivity index is 2.02. The first-order valence-corrected chi connectivity index (χ1v) is 5.24. The van der Waals surface area contributed by atoms with Crippen molar-refractivity contribution in [3.8, 4) is 5.75 Å². The van der Waals surface area contributed by atoms with Crippen molar-refractivity contribution >= 4 is 17.3 Å². The zero-order chi connectivity index (χ0) is 10.1. The van der Waals surface area contributed by atoms with E-state index in [1.165, 1.54) is 0 Å². The molecule has 1 aliphatic carbocycles. The fraction of sp³-hybridized carbons (Fsp3) is 0.455. The predicted molar refractivity (Wildman–Crippen MR) is 58.7 cm³/mol. The molecule has 0 saturated heterocycles. The van der Waals surface area contributed by atoms with Crippen molar-refractivity contribution in [2.75, 3.05) is 5.73 Å². The maximum atomic E-state index is 5.99. The second-order valence-corrected chi connectivity index (χ2v) is 4.41. The molecule has 1 aromatic carbocycles. The SMILES string of the molecule is CC1CC(Oc2ccc(N)cc2Cl)C1. The van der Waals surface area contributed by atoms with Gasteiger partial charge in [-0.2, -0.15) is 0 Å². The van der Waals surface area contributed by atoms with Gasteiger partial charge in [-0.15, -0.1) is 0 Å². The Bertz CT molecular complexity index is 334. The average molecular weight is 212 g/mol. The van der Waals surface area contributed by atoms with E-state index in [-0.39, 0.29) is 0 Å². The molecule has 2 rings (SSSR count). The van der Waals surface area contributed by atoms with Crippen LogP contribution >= 0.6 is 11.6 Å². The van der Waals surface area contributed by atoms with Crippen molar-refractivity contribution in [2.24, 2.45) is 5.92 Å². The van der Waals surface area contributed by atoms with E-state index in [9.17, 15) is 0 Å². The minimum absolute atomic E-state index is 0.339. The van der Waals surface area contributed by atoms with Gasteiger partial charge in [-0.25, -0.2) is 0 Å². The molecule has 0 unspecified atom stereocenters. The minimum atomic E-state index is 0.339. The maximum absolute atomic E-state index is 5.99. The van der Waals surface area contributed by atoms with Crippen LogP contribution in [-0.2, 0) is 0 Å². The monoisotopic (exact) mass is 211 g/mol. The summed E-state index contributed by atoms with van der Waals surface area (Å²) in [7, 11) is 0. The Morgan fingerprint density at radius 3 is 2.71 bits per heavy atom. The van der Waals surface area contributed by atoms with E-state index in [0.29, 0.717) is 16.8 Å². The molecule has 14 heavy (non-hydrogen) atoms. The first-order chi connectivity index (χ1) is 6.65. The fourth-order valence-corrected chi connectivity index (χ4v) is 1.95. The van der Waals surface area contributed by atoms with Gasteiger partial charge in [0.15, 0.2) is 0 Å². The molecule has 0 radical (unpaired) electrons. The van der Waals surface area contributed by atoms with Gasteiger partial charge >= 0.3 is 0 Å². The highest BCUT2D eigenvalue weighted by Crippen LogP contribution is 2.34. The highest BCUT2D eigenvalue weighted by Gasteiger charge is 2.27. The molecule has 0 spiro atoms. The normalized spacial score (nSPS) is 25.6. The number of anilines is 1. The average Bonchev–Trinajstić information content (AvgIpc) is 2.06. The summed E-state index contributed by atoms with van der Waals surface area (Å²) in [5.74, 6) is 1.53. The quantitative estimate of drug-likeness (QED) is 0.763. The summed E-state index contributed by atoms with van der Waals surface area (Å²) in [6.45, 7) is 2.23. The van der Waals surface area contributed by atoms with Gasteiger partial charge in [-0.3, -0.25) is 0 Å². The summed E-state index contributed by atoms with van der Waals surface area (Å²) in [5, 5.41) is 0.601. The highest BCUT2D eigenvalue weighted by atomic mass is 35.5. The van der Waals surface area contributed by atoms with Gasteiger partial charge in [0.05, 0.1) is 11.1 Å². The van der Waals surface area contributed by atoms with Crippen molar-refractivity contribution < 1.29 is 4.74 Å². The molecule has 3 heteroatoms. The molecule has 0 aromatic heterocycles. The third-order valence-corrected chi connectivity index (χ3v) is 2.88. The van der Waals surface area contributed by atoms with E-state index in [2.05, 4.69) is 6.92 Å². The summed E-state index contributed by atoms with van der Waals surface area (Å²) in [4.78, 5) is 0. The largest absolute Gasteiger partial charge is 0.489 e. The first-order valence-electron chi connectivity index (χ1n) is 4.87. The molecule has 0 aliphatic heterocycles. The lowest BCUT2D eigenvalue weighted by Gasteiger charge is -2.33. The van der Waals surface area contributed by atoms with E-state index < -0.39 is 0 Å². The summed E-state index contributed by atoms with van der Waals surface area (Å²) in [5.41, 5.74) is 6.26. The van der Waals surface area contributed by atoms with Crippen LogP contribution in [0.4, 0.5) is 5.69 Å². The van der Waals surface area contributed by atoms with E-state index in [1.807, 2.05) is 12.1 Å². The Hall–Kier alpha value is -0.890. The van der Waals surface area contributed by atoms with Crippen molar-refractivity contribution in [3.05, 3.63) is 23.2 Å². The summed E-state index contributed by atoms with van der Waals surface area (Å²) in [6.07, 6.45) is 2.59. The van der Waals surface area contributed by atoms with Crippen LogP contribution in [0.2, 0.25) is 5.02 Å². The lowest BCUT2D eigenvalue weighted by Crippen LogP contribution is -2.31. The van der Waals surface area contributed by atoms with Gasteiger partial charge < -0.3 is 10.5 Å². The Morgan fingerprint density at radius 1 is 1.43 bits per heavy atom. The van der Waals surface area contributed by atoms with Crippen LogP contribution in [0.1, 0.15) is 19.8 Å². The zero-order valence-electron chi connectivity index (χ0n) is 8.16. The number of hydrogen-bond acceptors (Lipinski definition) is 2. The molecule has 0 bridgehead atoms. The Labute approximate surface area is 89.0 Å². The fourth-order valence-electron chi connectivity index (χ4n) is 1.72. The Kier molecular flexibility index (Phi) is 2.55. The molecule has 2 N–H and O–H groups in total. The lowest BCUT2D eigenvalue weighted by atomic mass is 9.84. The number of halogens is 1. The molecule has 0 amide bonds. The standard InChI is InChI=1S/C11H14ClNO/c1-7-4-9(5-7)14-11-3-2-8(13)6-10(11)12/h2-3,6-7,9H,4-5,13H2,1H3. The molecule has 0 atom stereocenters. The summed E-state index contributed by atoms with van der Waals surface area (Å²) in [6, 6.07) is 5.36. The van der Waals surface area contributed by atoms with Gasteiger partial charge in [0, 0.05) is 5.69 Å². The third kappa shape index (κ3) is 1.95. The van der Waals surface area contributed by atoms with Crippen LogP contribution in [0.5, 0.6) is 5.75 Å². The lowest BCUT2D eigenvalue weighted by molar-refractivity contribution is 0.0740. The van der Waals surface area contributed by atoms with Crippen LogP contribution in [0.25, 0.3) is 0 Å². The minimum Gasteiger partial charge on any atom is -0.489 e. The molecule has 2 nitrogen and oxygen atoms in total. The predicted octanol–water partition coefficient (Wildman–Crippen LogP) is 3.10. The van der Waals surface area contributed by atoms with E-state index in [4.69, 9.17) is 22.1 Å². The van der Waals surface area contributed by atoms with Crippen molar-refractivity contribution in [1.82, 2.24) is 0 Å². The second kappa shape index (κ2) is 3.70. The molecular weight excluding hydrogens is 198 g/mol. The zero-order valence-corrected chi connectivity index (χ0v) is 8.92. The number of nitrogen functional groups attached to an aromatic ring is 1. The molecule has 76 valence electrons. The highest BCUT2D eigenvalue weighted by molar-refractivity contribution is 6.32. The number of hydrogen-bond donors (Lipinski definition) is 1. The molecule has 1 saturated carbocycles. The topological polar surface area (TPSA) is 35.2 Å². The van der Waals surface area contributed by atoms with Crippen LogP contribution < -0.4 is 10.5 Å². The smallest absolute Gasteiger partial charge is 0.138 e. The van der Waals surface area contributed by atoms with Crippen molar-refractivity contribution in [1.29, 1.82) is 0 Å². The van der Waals surface area contributed by atoms with Crippen LogP contribution in [0.15, 0.2) is 18.2 Å². The van der Waals surface area contributed by atoms with Crippen LogP contribution in [0, 0.1) is 5.92 Å². The number of benzene rings is 1. The van der Waals surface area contributed by atoms with E-state index >= 15 is 0 Å². The van der Waals surface area contributed by atoms with Crippen molar-refractivity contribution in [2.45, 2.75) is 25.9 Å². The van der Waals surface area contributed by atoms with Gasteiger partial charge in [0.1, 0.15) is 5.75 Å².